The zero-order valence-electron chi connectivity index (χ0n) is 18.3. The molecule has 2 N–H and O–H groups in total. The molecule has 1 fully saturated rings. The van der Waals surface area contributed by atoms with Crippen molar-refractivity contribution in [2.45, 2.75) is 0 Å². The summed E-state index contributed by atoms with van der Waals surface area (Å²) in [4.78, 5) is 23.2. The number of morpholine rings is 1. The number of nitrogens with zero attached hydrogens (tertiary/aromatic N) is 4. The van der Waals surface area contributed by atoms with E-state index < -0.39 is 5.82 Å². The number of amides is 1. The van der Waals surface area contributed by atoms with Crippen LogP contribution >= 0.6 is 11.8 Å². The lowest BCUT2D eigenvalue weighted by molar-refractivity contribution is 0.0303. The van der Waals surface area contributed by atoms with Crippen molar-refractivity contribution in [3.63, 3.8) is 0 Å². The van der Waals surface area contributed by atoms with E-state index in [2.05, 4.69) is 15.3 Å². The molecule has 2 aromatic carbocycles. The fourth-order valence-electron chi connectivity index (χ4n) is 3.51. The van der Waals surface area contributed by atoms with Crippen LogP contribution in [0.25, 0.3) is 11.1 Å². The molecule has 172 valence electrons. The summed E-state index contributed by atoms with van der Waals surface area (Å²) in [6.07, 6.45) is 4.71. The van der Waals surface area contributed by atoms with Crippen LogP contribution in [0.4, 0.5) is 16.0 Å². The van der Waals surface area contributed by atoms with Crippen LogP contribution in [0.15, 0.2) is 48.8 Å². The second-order valence-corrected chi connectivity index (χ2v) is 8.24. The molecule has 0 saturated carbocycles. The first-order chi connectivity index (χ1) is 16.5. The molecule has 0 bridgehead atoms. The van der Waals surface area contributed by atoms with Crippen molar-refractivity contribution in [1.29, 1.82) is 10.7 Å². The van der Waals surface area contributed by atoms with Crippen LogP contribution < -0.4 is 5.32 Å². The molecule has 1 aromatic heterocycles. The number of nitrogens with one attached hydrogen (secondary N) is 2. The predicted molar refractivity (Wildman–Crippen MR) is 129 cm³/mol. The van der Waals surface area contributed by atoms with Crippen LogP contribution in [0.1, 0.15) is 21.5 Å². The van der Waals surface area contributed by atoms with Crippen LogP contribution in [-0.2, 0) is 4.74 Å². The van der Waals surface area contributed by atoms with Gasteiger partial charge in [0.15, 0.2) is 0 Å². The highest BCUT2D eigenvalue weighted by Gasteiger charge is 2.20. The van der Waals surface area contributed by atoms with Crippen molar-refractivity contribution in [1.82, 2.24) is 14.9 Å². The maximum Gasteiger partial charge on any atom is 0.254 e. The number of carbonyl (C=O) groups is 1. The van der Waals surface area contributed by atoms with Gasteiger partial charge in [0.1, 0.15) is 5.82 Å². The zero-order valence-corrected chi connectivity index (χ0v) is 19.2. The first kappa shape index (κ1) is 23.4. The third-order valence-electron chi connectivity index (χ3n) is 5.32. The Bertz CT molecular complexity index is 1270. The normalized spacial score (nSPS) is 13.3. The van der Waals surface area contributed by atoms with Gasteiger partial charge in [-0.15, -0.1) is 11.8 Å². The van der Waals surface area contributed by atoms with Crippen molar-refractivity contribution in [3.8, 4) is 17.2 Å². The SMILES string of the molecule is CSC(=N)c1ccc(C(=O)N2CCOCC2)cc1Nc1ncc(-c2cc(C#N)ccc2F)cn1. The van der Waals surface area contributed by atoms with Crippen molar-refractivity contribution in [2.24, 2.45) is 0 Å². The molecule has 0 spiro atoms. The number of aromatic nitrogens is 2. The standard InChI is InChI=1S/C24H21FN6O2S/c1-34-22(27)18-4-3-16(23(32)31-6-8-33-9-7-31)11-21(18)30-24-28-13-17(14-29-24)19-10-15(12-26)2-5-20(19)25/h2-5,10-11,13-14,27H,6-9H2,1H3,(H,28,29,30). The molecule has 8 nitrogen and oxygen atoms in total. The number of ether oxygens (including phenoxy) is 1. The molecule has 1 amide bonds. The molecule has 34 heavy (non-hydrogen) atoms. The number of anilines is 2. The summed E-state index contributed by atoms with van der Waals surface area (Å²) in [5.41, 5.74) is 2.59. The number of nitriles is 1. The van der Waals surface area contributed by atoms with Gasteiger partial charge in [-0.1, -0.05) is 0 Å². The molecule has 4 rings (SSSR count). The second kappa shape index (κ2) is 10.4. The van der Waals surface area contributed by atoms with Gasteiger partial charge in [-0.25, -0.2) is 14.4 Å². The van der Waals surface area contributed by atoms with Crippen molar-refractivity contribution < 1.29 is 13.9 Å². The molecule has 3 aromatic rings. The van der Waals surface area contributed by atoms with E-state index in [9.17, 15) is 9.18 Å². The molecular formula is C24H21FN6O2S. The summed E-state index contributed by atoms with van der Waals surface area (Å²) in [6, 6.07) is 11.2. The Hall–Kier alpha value is -3.81. The first-order valence-corrected chi connectivity index (χ1v) is 11.7. The van der Waals surface area contributed by atoms with Gasteiger partial charge in [-0.05, 0) is 42.7 Å². The number of thioether (sulfide) groups is 1. The van der Waals surface area contributed by atoms with E-state index in [0.29, 0.717) is 59.3 Å². The van der Waals surface area contributed by atoms with Gasteiger partial charge in [0.05, 0.1) is 35.6 Å². The van der Waals surface area contributed by atoms with Crippen molar-refractivity contribution in [2.75, 3.05) is 37.9 Å². The van der Waals surface area contributed by atoms with Gasteiger partial charge < -0.3 is 15.0 Å². The summed E-state index contributed by atoms with van der Waals surface area (Å²) < 4.78 is 19.6. The Kier molecular flexibility index (Phi) is 7.15. The first-order valence-electron chi connectivity index (χ1n) is 10.4. The van der Waals surface area contributed by atoms with E-state index in [1.165, 1.54) is 42.4 Å². The van der Waals surface area contributed by atoms with Gasteiger partial charge in [-0.3, -0.25) is 10.2 Å². The molecule has 0 radical (unpaired) electrons. The molecule has 0 atom stereocenters. The van der Waals surface area contributed by atoms with E-state index in [1.54, 1.807) is 29.4 Å². The summed E-state index contributed by atoms with van der Waals surface area (Å²) >= 11 is 1.27. The molecule has 0 aliphatic carbocycles. The van der Waals surface area contributed by atoms with Crippen molar-refractivity contribution >= 4 is 34.3 Å². The largest absolute Gasteiger partial charge is 0.378 e. The van der Waals surface area contributed by atoms with Gasteiger partial charge in [0.2, 0.25) is 5.95 Å². The number of hydrogen-bond acceptors (Lipinski definition) is 8. The van der Waals surface area contributed by atoms with Crippen LogP contribution in [0.2, 0.25) is 0 Å². The number of rotatable bonds is 5. The fourth-order valence-corrected chi connectivity index (χ4v) is 3.90. The quantitative estimate of drug-likeness (QED) is 0.421. The maximum absolute atomic E-state index is 14.2. The molecule has 1 aliphatic rings. The van der Waals surface area contributed by atoms with Crippen LogP contribution in [-0.4, -0.2) is 58.4 Å². The molecule has 0 unspecified atom stereocenters. The topological polar surface area (TPSA) is 115 Å². The minimum atomic E-state index is -0.478. The molecular weight excluding hydrogens is 455 g/mol. The molecule has 1 saturated heterocycles. The third-order valence-corrected chi connectivity index (χ3v) is 5.95. The van der Waals surface area contributed by atoms with Gasteiger partial charge in [-0.2, -0.15) is 5.26 Å². The molecule has 10 heteroatoms. The van der Waals surface area contributed by atoms with E-state index >= 15 is 0 Å². The number of benzene rings is 2. The van der Waals surface area contributed by atoms with E-state index in [0.717, 1.165) is 0 Å². The van der Waals surface area contributed by atoms with Gasteiger partial charge in [0.25, 0.3) is 5.91 Å². The van der Waals surface area contributed by atoms with Crippen LogP contribution in [0.3, 0.4) is 0 Å². The Morgan fingerprint density at radius 2 is 1.94 bits per heavy atom. The van der Waals surface area contributed by atoms with Crippen LogP contribution in [0.5, 0.6) is 0 Å². The maximum atomic E-state index is 14.2. The average Bonchev–Trinajstić information content (AvgIpc) is 2.89. The lowest BCUT2D eigenvalue weighted by Gasteiger charge is -2.27. The van der Waals surface area contributed by atoms with E-state index in [4.69, 9.17) is 15.4 Å². The van der Waals surface area contributed by atoms with E-state index in [1.807, 2.05) is 6.07 Å². The Morgan fingerprint density at radius 1 is 1.21 bits per heavy atom. The lowest BCUT2D eigenvalue weighted by atomic mass is 10.1. The zero-order chi connectivity index (χ0) is 24.1. The van der Waals surface area contributed by atoms with E-state index in [-0.39, 0.29) is 17.4 Å². The average molecular weight is 477 g/mol. The van der Waals surface area contributed by atoms with Gasteiger partial charge in [0, 0.05) is 47.7 Å². The van der Waals surface area contributed by atoms with Crippen molar-refractivity contribution in [3.05, 3.63) is 71.3 Å². The molecule has 1 aliphatic heterocycles. The monoisotopic (exact) mass is 476 g/mol. The van der Waals surface area contributed by atoms with Gasteiger partial charge >= 0.3 is 0 Å². The summed E-state index contributed by atoms with van der Waals surface area (Å²) in [5, 5.41) is 20.8. The summed E-state index contributed by atoms with van der Waals surface area (Å²) in [6.45, 7) is 2.06. The number of carbonyl (C=O) groups excluding carboxylic acids is 1. The smallest absolute Gasteiger partial charge is 0.254 e. The fraction of sp³-hybridized carbons (Fsp3) is 0.208. The predicted octanol–water partition coefficient (Wildman–Crippen LogP) is 4.06. The minimum Gasteiger partial charge on any atom is -0.378 e. The third kappa shape index (κ3) is 5.06. The Labute approximate surface area is 200 Å². The Balaban J connectivity index is 1.62. The lowest BCUT2D eigenvalue weighted by Crippen LogP contribution is -2.40. The van der Waals surface area contributed by atoms with Crippen LogP contribution in [0, 0.1) is 22.6 Å². The summed E-state index contributed by atoms with van der Waals surface area (Å²) in [7, 11) is 0. The second-order valence-electron chi connectivity index (χ2n) is 7.42. The minimum absolute atomic E-state index is 0.113. The summed E-state index contributed by atoms with van der Waals surface area (Å²) in [5.74, 6) is -0.363. The number of halogens is 1. The number of hydrogen-bond donors (Lipinski definition) is 2. The highest BCUT2D eigenvalue weighted by Crippen LogP contribution is 2.27. The highest BCUT2D eigenvalue weighted by atomic mass is 32.2. The molecule has 2 heterocycles. The Morgan fingerprint density at radius 3 is 2.62 bits per heavy atom. The highest BCUT2D eigenvalue weighted by molar-refractivity contribution is 8.13.